The van der Waals surface area contributed by atoms with Crippen LogP contribution in [0.1, 0.15) is 49.1 Å². The molecule has 0 aliphatic heterocycles. The summed E-state index contributed by atoms with van der Waals surface area (Å²) in [6.07, 6.45) is 6.62. The van der Waals surface area contributed by atoms with Crippen molar-refractivity contribution in [1.29, 1.82) is 0 Å². The standard InChI is InChI=1S/C26H29N3O2/c1-18-28-24-22-8-4-3-7-19(22)17-26(13-5-2-6-14-26)23(24)25(31)29(18)21-11-9-20(10-12-21)27-15-16-30/h3-4,7-12,27,30H,2,5-6,13-17H2,1H3. The lowest BCUT2D eigenvalue weighted by Gasteiger charge is -2.42. The van der Waals surface area contributed by atoms with Gasteiger partial charge in [0.15, 0.2) is 0 Å². The van der Waals surface area contributed by atoms with E-state index < -0.39 is 0 Å². The molecule has 5 rings (SSSR count). The average Bonchev–Trinajstić information content (AvgIpc) is 2.79. The second-order valence-electron chi connectivity index (χ2n) is 8.90. The smallest absolute Gasteiger partial charge is 0.262 e. The maximum absolute atomic E-state index is 14.0. The number of aliphatic hydroxyl groups excluding tert-OH is 1. The number of fused-ring (bicyclic) bond motifs is 4. The Morgan fingerprint density at radius 1 is 1.06 bits per heavy atom. The molecule has 0 amide bonds. The largest absolute Gasteiger partial charge is 0.395 e. The van der Waals surface area contributed by atoms with E-state index in [1.54, 1.807) is 4.57 Å². The third kappa shape index (κ3) is 3.37. The first-order valence-corrected chi connectivity index (χ1v) is 11.3. The highest BCUT2D eigenvalue weighted by Crippen LogP contribution is 2.48. The van der Waals surface area contributed by atoms with Crippen molar-refractivity contribution in [2.24, 2.45) is 0 Å². The van der Waals surface area contributed by atoms with Crippen LogP contribution in [0, 0.1) is 6.92 Å². The first-order valence-electron chi connectivity index (χ1n) is 11.3. The van der Waals surface area contributed by atoms with Crippen LogP contribution < -0.4 is 10.9 Å². The Balaban J connectivity index is 1.69. The third-order valence-corrected chi connectivity index (χ3v) is 6.96. The molecule has 1 aromatic heterocycles. The highest BCUT2D eigenvalue weighted by Gasteiger charge is 2.43. The van der Waals surface area contributed by atoms with Gasteiger partial charge in [-0.25, -0.2) is 4.98 Å². The number of anilines is 1. The monoisotopic (exact) mass is 415 g/mol. The molecule has 1 saturated carbocycles. The normalized spacial score (nSPS) is 16.6. The lowest BCUT2D eigenvalue weighted by atomic mass is 9.62. The molecule has 2 N–H and O–H groups in total. The zero-order chi connectivity index (χ0) is 21.4. The van der Waals surface area contributed by atoms with Crippen LogP contribution in [-0.2, 0) is 11.8 Å². The Bertz CT molecular complexity index is 1160. The molecule has 1 fully saturated rings. The van der Waals surface area contributed by atoms with E-state index in [0.717, 1.165) is 47.5 Å². The molecule has 2 aliphatic rings. The number of aromatic nitrogens is 2. The molecule has 0 bridgehead atoms. The topological polar surface area (TPSA) is 67.2 Å². The van der Waals surface area contributed by atoms with Crippen LogP contribution in [0.5, 0.6) is 0 Å². The van der Waals surface area contributed by atoms with Crippen molar-refractivity contribution >= 4 is 5.69 Å². The summed E-state index contributed by atoms with van der Waals surface area (Å²) in [6.45, 7) is 2.50. The molecule has 1 heterocycles. The number of hydrogen-bond donors (Lipinski definition) is 2. The number of nitrogens with one attached hydrogen (secondary N) is 1. The predicted molar refractivity (Wildman–Crippen MR) is 124 cm³/mol. The van der Waals surface area contributed by atoms with Gasteiger partial charge < -0.3 is 10.4 Å². The van der Waals surface area contributed by atoms with Crippen LogP contribution in [-0.4, -0.2) is 27.8 Å². The number of aliphatic hydroxyl groups is 1. The van der Waals surface area contributed by atoms with Crippen molar-refractivity contribution < 1.29 is 5.11 Å². The van der Waals surface area contributed by atoms with Crippen LogP contribution >= 0.6 is 0 Å². The summed E-state index contributed by atoms with van der Waals surface area (Å²) in [5.74, 6) is 0.711. The van der Waals surface area contributed by atoms with Gasteiger partial charge in [0.2, 0.25) is 0 Å². The molecule has 0 unspecified atom stereocenters. The molecular formula is C26H29N3O2. The van der Waals surface area contributed by atoms with E-state index in [4.69, 9.17) is 10.1 Å². The molecule has 0 saturated heterocycles. The van der Waals surface area contributed by atoms with Gasteiger partial charge in [-0.2, -0.15) is 0 Å². The Hall–Kier alpha value is -2.92. The van der Waals surface area contributed by atoms with Gasteiger partial charge in [-0.05, 0) is 56.0 Å². The fourth-order valence-electron chi connectivity index (χ4n) is 5.55. The summed E-state index contributed by atoms with van der Waals surface area (Å²) in [5.41, 5.74) is 5.97. The molecule has 1 spiro atoms. The zero-order valence-electron chi connectivity index (χ0n) is 18.0. The number of hydrogen-bond acceptors (Lipinski definition) is 4. The fraction of sp³-hybridized carbons (Fsp3) is 0.385. The maximum Gasteiger partial charge on any atom is 0.262 e. The molecular weight excluding hydrogens is 386 g/mol. The van der Waals surface area contributed by atoms with Gasteiger partial charge in [0, 0.05) is 23.2 Å². The lowest BCUT2D eigenvalue weighted by Crippen LogP contribution is -2.43. The van der Waals surface area contributed by atoms with E-state index in [0.29, 0.717) is 12.4 Å². The van der Waals surface area contributed by atoms with Gasteiger partial charge in [0.05, 0.1) is 23.6 Å². The quantitative estimate of drug-likeness (QED) is 0.664. The van der Waals surface area contributed by atoms with Gasteiger partial charge in [0.25, 0.3) is 5.56 Å². The lowest BCUT2D eigenvalue weighted by molar-refractivity contribution is 0.284. The summed E-state index contributed by atoms with van der Waals surface area (Å²) in [5, 5.41) is 12.2. The van der Waals surface area contributed by atoms with Crippen molar-refractivity contribution in [3.63, 3.8) is 0 Å². The fourth-order valence-corrected chi connectivity index (χ4v) is 5.55. The first kappa shape index (κ1) is 20.0. The van der Waals surface area contributed by atoms with Crippen molar-refractivity contribution in [1.82, 2.24) is 9.55 Å². The van der Waals surface area contributed by atoms with Crippen molar-refractivity contribution in [2.45, 2.75) is 50.9 Å². The molecule has 2 aliphatic carbocycles. The summed E-state index contributed by atoms with van der Waals surface area (Å²) >= 11 is 0. The molecule has 2 aromatic carbocycles. The van der Waals surface area contributed by atoms with Crippen molar-refractivity contribution in [3.8, 4) is 16.9 Å². The zero-order valence-corrected chi connectivity index (χ0v) is 18.0. The average molecular weight is 416 g/mol. The summed E-state index contributed by atoms with van der Waals surface area (Å²) in [4.78, 5) is 19.1. The number of benzene rings is 2. The molecule has 3 aromatic rings. The van der Waals surface area contributed by atoms with Crippen LogP contribution in [0.4, 0.5) is 5.69 Å². The minimum Gasteiger partial charge on any atom is -0.395 e. The minimum absolute atomic E-state index is 0.0787. The maximum atomic E-state index is 14.0. The minimum atomic E-state index is -0.107. The number of nitrogens with zero attached hydrogens (tertiary/aromatic N) is 2. The van der Waals surface area contributed by atoms with E-state index in [2.05, 4.69) is 23.5 Å². The van der Waals surface area contributed by atoms with Crippen LogP contribution in [0.25, 0.3) is 16.9 Å². The van der Waals surface area contributed by atoms with Crippen LogP contribution in [0.2, 0.25) is 0 Å². The first-order chi connectivity index (χ1) is 15.1. The van der Waals surface area contributed by atoms with Crippen molar-refractivity contribution in [2.75, 3.05) is 18.5 Å². The third-order valence-electron chi connectivity index (χ3n) is 6.96. The Morgan fingerprint density at radius 2 is 1.81 bits per heavy atom. The van der Waals surface area contributed by atoms with Gasteiger partial charge in [-0.3, -0.25) is 9.36 Å². The summed E-state index contributed by atoms with van der Waals surface area (Å²) in [6, 6.07) is 16.3. The number of rotatable bonds is 4. The molecule has 31 heavy (non-hydrogen) atoms. The van der Waals surface area contributed by atoms with Gasteiger partial charge in [0.1, 0.15) is 5.82 Å². The second kappa shape index (κ2) is 7.97. The van der Waals surface area contributed by atoms with E-state index in [9.17, 15) is 4.79 Å². The Kier molecular flexibility index (Phi) is 5.14. The predicted octanol–water partition coefficient (Wildman–Crippen LogP) is 4.37. The molecule has 0 atom stereocenters. The molecule has 5 heteroatoms. The highest BCUT2D eigenvalue weighted by atomic mass is 16.3. The van der Waals surface area contributed by atoms with Gasteiger partial charge in [-0.15, -0.1) is 0 Å². The van der Waals surface area contributed by atoms with E-state index >= 15 is 0 Å². The Labute approximate surface area is 182 Å². The summed E-state index contributed by atoms with van der Waals surface area (Å²) < 4.78 is 1.78. The van der Waals surface area contributed by atoms with Crippen molar-refractivity contribution in [3.05, 3.63) is 75.8 Å². The second-order valence-corrected chi connectivity index (χ2v) is 8.90. The number of aryl methyl sites for hydroxylation is 1. The SMILES string of the molecule is Cc1nc2c(c(=O)n1-c1ccc(NCCO)cc1)C1(CCCCC1)Cc1ccccc1-2. The van der Waals surface area contributed by atoms with Gasteiger partial charge in [-0.1, -0.05) is 43.5 Å². The van der Waals surface area contributed by atoms with E-state index in [1.165, 1.54) is 24.8 Å². The van der Waals surface area contributed by atoms with E-state index in [1.807, 2.05) is 37.3 Å². The molecule has 160 valence electrons. The van der Waals surface area contributed by atoms with Crippen LogP contribution in [0.3, 0.4) is 0 Å². The van der Waals surface area contributed by atoms with E-state index in [-0.39, 0.29) is 17.6 Å². The Morgan fingerprint density at radius 3 is 2.55 bits per heavy atom. The summed E-state index contributed by atoms with van der Waals surface area (Å²) in [7, 11) is 0. The molecule has 5 nitrogen and oxygen atoms in total. The van der Waals surface area contributed by atoms with Crippen LogP contribution in [0.15, 0.2) is 53.3 Å². The highest BCUT2D eigenvalue weighted by molar-refractivity contribution is 5.72. The van der Waals surface area contributed by atoms with Gasteiger partial charge >= 0.3 is 0 Å². The molecule has 0 radical (unpaired) electrons.